The molecule has 0 aliphatic carbocycles. The summed E-state index contributed by atoms with van der Waals surface area (Å²) in [6, 6.07) is 0. The van der Waals surface area contributed by atoms with Crippen molar-refractivity contribution in [3.05, 3.63) is 0 Å². The van der Waals surface area contributed by atoms with Gasteiger partial charge in [-0.15, -0.1) is 0 Å². The van der Waals surface area contributed by atoms with Crippen LogP contribution in [0.1, 0.15) is 32.6 Å². The summed E-state index contributed by atoms with van der Waals surface area (Å²) in [5.74, 6) is 4.71. The molecule has 0 aromatic rings. The second kappa shape index (κ2) is 6.95. The molecule has 0 bridgehead atoms. The average molecular weight is 236 g/mol. The molecule has 4 heteroatoms. The zero-order valence-electron chi connectivity index (χ0n) is 10.7. The van der Waals surface area contributed by atoms with Crippen molar-refractivity contribution in [3.63, 3.8) is 0 Å². The third kappa shape index (κ3) is 4.48. The maximum absolute atomic E-state index is 12.0. The summed E-state index contributed by atoms with van der Waals surface area (Å²) in [4.78, 5) is 26.6. The van der Waals surface area contributed by atoms with Crippen molar-refractivity contribution >= 4 is 11.8 Å². The van der Waals surface area contributed by atoms with Crippen LogP contribution in [0.2, 0.25) is 0 Å². The largest absolute Gasteiger partial charge is 0.341 e. The normalized spacial score (nSPS) is 15.5. The number of likely N-dealkylation sites (tertiary alicyclic amines) is 1. The van der Waals surface area contributed by atoms with E-state index in [1.54, 1.807) is 14.0 Å². The molecular weight excluding hydrogens is 216 g/mol. The Hall–Kier alpha value is -1.50. The molecule has 0 radical (unpaired) electrons. The first-order valence-corrected chi connectivity index (χ1v) is 6.10. The molecule has 1 saturated heterocycles. The molecule has 0 saturated carbocycles. The molecular formula is C13H20N2O2. The highest BCUT2D eigenvalue weighted by Crippen LogP contribution is 2.09. The highest BCUT2D eigenvalue weighted by atomic mass is 16.2. The van der Waals surface area contributed by atoms with Gasteiger partial charge in [-0.05, 0) is 25.7 Å². The number of amides is 2. The summed E-state index contributed by atoms with van der Waals surface area (Å²) in [6.45, 7) is 3.39. The van der Waals surface area contributed by atoms with Gasteiger partial charge in [0.2, 0.25) is 5.91 Å². The van der Waals surface area contributed by atoms with Gasteiger partial charge in [-0.1, -0.05) is 18.8 Å². The topological polar surface area (TPSA) is 40.6 Å². The van der Waals surface area contributed by atoms with Crippen LogP contribution in [-0.4, -0.2) is 48.3 Å². The SMILES string of the molecule is CC#CC(=O)N(C)CC(=O)N1CCCCCC1. The molecule has 0 spiro atoms. The van der Waals surface area contributed by atoms with E-state index in [2.05, 4.69) is 11.8 Å². The van der Waals surface area contributed by atoms with Crippen molar-refractivity contribution in [2.24, 2.45) is 0 Å². The van der Waals surface area contributed by atoms with Crippen molar-refractivity contribution < 1.29 is 9.59 Å². The van der Waals surface area contributed by atoms with Crippen LogP contribution in [0.3, 0.4) is 0 Å². The lowest BCUT2D eigenvalue weighted by atomic mass is 10.2. The molecule has 1 fully saturated rings. The minimum Gasteiger partial charge on any atom is -0.341 e. The van der Waals surface area contributed by atoms with Gasteiger partial charge < -0.3 is 9.80 Å². The summed E-state index contributed by atoms with van der Waals surface area (Å²) in [5.41, 5.74) is 0. The van der Waals surface area contributed by atoms with Crippen molar-refractivity contribution in [1.29, 1.82) is 0 Å². The van der Waals surface area contributed by atoms with Crippen LogP contribution >= 0.6 is 0 Å². The number of hydrogen-bond acceptors (Lipinski definition) is 2. The minimum absolute atomic E-state index is 0.0284. The fraction of sp³-hybridized carbons (Fsp3) is 0.692. The van der Waals surface area contributed by atoms with Crippen molar-refractivity contribution in [2.45, 2.75) is 32.6 Å². The van der Waals surface area contributed by atoms with Crippen LogP contribution in [0.4, 0.5) is 0 Å². The highest BCUT2D eigenvalue weighted by Gasteiger charge is 2.18. The van der Waals surface area contributed by atoms with E-state index in [9.17, 15) is 9.59 Å². The monoisotopic (exact) mass is 236 g/mol. The van der Waals surface area contributed by atoms with Crippen molar-refractivity contribution in [2.75, 3.05) is 26.7 Å². The Morgan fingerprint density at radius 3 is 2.29 bits per heavy atom. The van der Waals surface area contributed by atoms with Gasteiger partial charge in [0.05, 0.1) is 0 Å². The summed E-state index contributed by atoms with van der Waals surface area (Å²) >= 11 is 0. The van der Waals surface area contributed by atoms with Gasteiger partial charge in [-0.25, -0.2) is 0 Å². The third-order valence-corrected chi connectivity index (χ3v) is 2.91. The predicted molar refractivity (Wildman–Crippen MR) is 66.1 cm³/mol. The number of carbonyl (C=O) groups is 2. The molecule has 0 unspecified atom stereocenters. The Morgan fingerprint density at radius 2 is 1.76 bits per heavy atom. The fourth-order valence-corrected chi connectivity index (χ4v) is 1.90. The zero-order valence-corrected chi connectivity index (χ0v) is 10.7. The standard InChI is InChI=1S/C13H20N2O2/c1-3-8-12(16)14(2)11-13(17)15-9-6-4-5-7-10-15/h4-7,9-11H2,1-2H3. The van der Waals surface area contributed by atoms with E-state index in [4.69, 9.17) is 0 Å². The second-order valence-corrected chi connectivity index (χ2v) is 4.33. The lowest BCUT2D eigenvalue weighted by Crippen LogP contribution is -2.41. The van der Waals surface area contributed by atoms with E-state index in [0.29, 0.717) is 0 Å². The minimum atomic E-state index is -0.296. The van der Waals surface area contributed by atoms with Crippen molar-refractivity contribution in [1.82, 2.24) is 9.80 Å². The summed E-state index contributed by atoms with van der Waals surface area (Å²) in [5, 5.41) is 0. The Kier molecular flexibility index (Phi) is 5.55. The zero-order chi connectivity index (χ0) is 12.7. The first-order valence-electron chi connectivity index (χ1n) is 6.10. The quantitative estimate of drug-likeness (QED) is 0.668. The Labute approximate surface area is 103 Å². The summed E-state index contributed by atoms with van der Waals surface area (Å²) in [7, 11) is 1.61. The number of likely N-dealkylation sites (N-methyl/N-ethyl adjacent to an activating group) is 1. The van der Waals surface area contributed by atoms with Crippen molar-refractivity contribution in [3.8, 4) is 11.8 Å². The molecule has 1 aliphatic rings. The number of nitrogens with zero attached hydrogens (tertiary/aromatic N) is 2. The molecule has 0 atom stereocenters. The molecule has 4 nitrogen and oxygen atoms in total. The van der Waals surface area contributed by atoms with Crippen LogP contribution < -0.4 is 0 Å². The van der Waals surface area contributed by atoms with Gasteiger partial charge in [-0.3, -0.25) is 9.59 Å². The maximum Gasteiger partial charge on any atom is 0.298 e. The first-order chi connectivity index (χ1) is 8.15. The fourth-order valence-electron chi connectivity index (χ4n) is 1.90. The van der Waals surface area contributed by atoms with Crippen LogP contribution in [0.5, 0.6) is 0 Å². The number of carbonyl (C=O) groups excluding carboxylic acids is 2. The highest BCUT2D eigenvalue weighted by molar-refractivity contribution is 5.95. The van der Waals surface area contributed by atoms with E-state index in [1.165, 1.54) is 17.7 Å². The first kappa shape index (κ1) is 13.6. The molecule has 1 heterocycles. The Bertz CT molecular complexity index is 333. The van der Waals surface area contributed by atoms with Crippen LogP contribution in [0.25, 0.3) is 0 Å². The second-order valence-electron chi connectivity index (χ2n) is 4.33. The maximum atomic E-state index is 12.0. The molecule has 2 amide bonds. The smallest absolute Gasteiger partial charge is 0.298 e. The van der Waals surface area contributed by atoms with E-state index >= 15 is 0 Å². The summed E-state index contributed by atoms with van der Waals surface area (Å²) < 4.78 is 0. The van der Waals surface area contributed by atoms with E-state index in [0.717, 1.165) is 25.9 Å². The molecule has 0 aromatic heterocycles. The lowest BCUT2D eigenvalue weighted by molar-refractivity contribution is -0.136. The summed E-state index contributed by atoms with van der Waals surface area (Å²) in [6.07, 6.45) is 4.52. The Morgan fingerprint density at radius 1 is 1.18 bits per heavy atom. The molecule has 0 N–H and O–H groups in total. The van der Waals surface area contributed by atoms with E-state index < -0.39 is 0 Å². The third-order valence-electron chi connectivity index (χ3n) is 2.91. The number of rotatable bonds is 2. The van der Waals surface area contributed by atoms with Gasteiger partial charge in [0.15, 0.2) is 0 Å². The number of hydrogen-bond donors (Lipinski definition) is 0. The molecule has 1 aliphatic heterocycles. The molecule has 0 aromatic carbocycles. The van der Waals surface area contributed by atoms with Gasteiger partial charge in [0.25, 0.3) is 5.91 Å². The van der Waals surface area contributed by atoms with Crippen LogP contribution in [0, 0.1) is 11.8 Å². The average Bonchev–Trinajstić information content (AvgIpc) is 2.57. The van der Waals surface area contributed by atoms with Gasteiger partial charge >= 0.3 is 0 Å². The van der Waals surface area contributed by atoms with Crippen LogP contribution in [-0.2, 0) is 9.59 Å². The predicted octanol–water partition coefficient (Wildman–Crippen LogP) is 0.871. The van der Waals surface area contributed by atoms with Gasteiger partial charge in [0.1, 0.15) is 6.54 Å². The van der Waals surface area contributed by atoms with Gasteiger partial charge in [0, 0.05) is 20.1 Å². The van der Waals surface area contributed by atoms with E-state index in [1.807, 2.05) is 4.90 Å². The van der Waals surface area contributed by atoms with Gasteiger partial charge in [-0.2, -0.15) is 0 Å². The van der Waals surface area contributed by atoms with Crippen LogP contribution in [0.15, 0.2) is 0 Å². The lowest BCUT2D eigenvalue weighted by Gasteiger charge is -2.23. The Balaban J connectivity index is 2.46. The molecule has 94 valence electrons. The molecule has 1 rings (SSSR count). The van der Waals surface area contributed by atoms with E-state index in [-0.39, 0.29) is 18.4 Å². The molecule has 17 heavy (non-hydrogen) atoms.